The summed E-state index contributed by atoms with van der Waals surface area (Å²) in [5.74, 6) is 2.63. The smallest absolute Gasteiger partial charge is 0.193 e. The van der Waals surface area contributed by atoms with Crippen LogP contribution in [0.25, 0.3) is 0 Å². The molecule has 3 aliphatic heterocycles. The number of benzene rings is 1. The second-order valence-corrected chi connectivity index (χ2v) is 8.50. The molecule has 3 saturated heterocycles. The van der Waals surface area contributed by atoms with Crippen molar-refractivity contribution < 1.29 is 9.47 Å². The van der Waals surface area contributed by atoms with Crippen molar-refractivity contribution in [3.05, 3.63) is 24.3 Å². The zero-order valence-corrected chi connectivity index (χ0v) is 21.3. The second kappa shape index (κ2) is 12.1. The van der Waals surface area contributed by atoms with E-state index in [0.717, 1.165) is 77.3 Å². The van der Waals surface area contributed by atoms with E-state index in [-0.39, 0.29) is 24.0 Å². The number of hydrogen-bond donors (Lipinski definition) is 1. The van der Waals surface area contributed by atoms with E-state index in [1.165, 1.54) is 18.5 Å². The molecule has 3 heterocycles. The van der Waals surface area contributed by atoms with Gasteiger partial charge in [-0.3, -0.25) is 9.89 Å². The van der Waals surface area contributed by atoms with Gasteiger partial charge in [0.2, 0.25) is 0 Å². The van der Waals surface area contributed by atoms with Gasteiger partial charge in [-0.15, -0.1) is 24.0 Å². The molecule has 1 aromatic carbocycles. The maximum atomic E-state index is 5.55. The van der Waals surface area contributed by atoms with Crippen molar-refractivity contribution in [3.63, 3.8) is 0 Å². The summed E-state index contributed by atoms with van der Waals surface area (Å²) in [6, 6.07) is 8.95. The lowest BCUT2D eigenvalue weighted by molar-refractivity contribution is 0.0195. The second-order valence-electron chi connectivity index (χ2n) is 8.50. The molecule has 0 radical (unpaired) electrons. The lowest BCUT2D eigenvalue weighted by Crippen LogP contribution is -2.46. The lowest BCUT2D eigenvalue weighted by atomic mass is 10.1. The van der Waals surface area contributed by atoms with Crippen LogP contribution in [0.15, 0.2) is 29.3 Å². The fourth-order valence-corrected chi connectivity index (χ4v) is 4.91. The standard InChI is InChI=1S/C23H37N5O2.HI/c1-3-24-23(28-11-9-20(18-28)26-12-14-30-15-13-26)25-16-19-8-10-27(17-19)21-6-4-5-7-22(21)29-2;/h4-7,19-20H,3,8-18H2,1-2H3,(H,24,25);1H. The minimum absolute atomic E-state index is 0. The number of rotatable bonds is 6. The summed E-state index contributed by atoms with van der Waals surface area (Å²) in [5.41, 5.74) is 1.20. The highest BCUT2D eigenvalue weighted by atomic mass is 127. The first-order chi connectivity index (χ1) is 14.8. The van der Waals surface area contributed by atoms with Crippen LogP contribution in [-0.4, -0.2) is 94.5 Å². The Balaban J connectivity index is 0.00000272. The molecule has 0 saturated carbocycles. The van der Waals surface area contributed by atoms with Crippen molar-refractivity contribution in [2.45, 2.75) is 25.8 Å². The number of nitrogens with zero attached hydrogens (tertiary/aromatic N) is 4. The summed E-state index contributed by atoms with van der Waals surface area (Å²) in [6.45, 7) is 12.1. The first kappa shape index (κ1) is 24.4. The number of hydrogen-bond acceptors (Lipinski definition) is 5. The summed E-state index contributed by atoms with van der Waals surface area (Å²) < 4.78 is 11.1. The Morgan fingerprint density at radius 1 is 1.13 bits per heavy atom. The Morgan fingerprint density at radius 3 is 2.71 bits per heavy atom. The van der Waals surface area contributed by atoms with Crippen molar-refractivity contribution in [1.29, 1.82) is 0 Å². The molecule has 7 nitrogen and oxygen atoms in total. The van der Waals surface area contributed by atoms with Crippen molar-refractivity contribution >= 4 is 35.6 Å². The van der Waals surface area contributed by atoms with E-state index in [9.17, 15) is 0 Å². The molecule has 0 amide bonds. The predicted octanol–water partition coefficient (Wildman–Crippen LogP) is 2.51. The number of methoxy groups -OCH3 is 1. The van der Waals surface area contributed by atoms with E-state index < -0.39 is 0 Å². The topological polar surface area (TPSA) is 52.6 Å². The van der Waals surface area contributed by atoms with Crippen LogP contribution in [0.3, 0.4) is 0 Å². The summed E-state index contributed by atoms with van der Waals surface area (Å²) in [4.78, 5) is 12.5. The van der Waals surface area contributed by atoms with E-state index in [1.54, 1.807) is 7.11 Å². The van der Waals surface area contributed by atoms with Gasteiger partial charge >= 0.3 is 0 Å². The molecule has 3 aliphatic rings. The van der Waals surface area contributed by atoms with Gasteiger partial charge in [-0.2, -0.15) is 0 Å². The fraction of sp³-hybridized carbons (Fsp3) is 0.696. The molecule has 31 heavy (non-hydrogen) atoms. The minimum atomic E-state index is 0. The molecule has 174 valence electrons. The molecule has 0 aliphatic carbocycles. The molecule has 8 heteroatoms. The predicted molar refractivity (Wildman–Crippen MR) is 137 cm³/mol. The molecule has 4 rings (SSSR count). The Hall–Kier alpha value is -1.26. The largest absolute Gasteiger partial charge is 0.495 e. The number of guanidine groups is 1. The zero-order valence-electron chi connectivity index (χ0n) is 19.0. The minimum Gasteiger partial charge on any atom is -0.495 e. The molecule has 0 bridgehead atoms. The van der Waals surface area contributed by atoms with Crippen LogP contribution in [0.2, 0.25) is 0 Å². The van der Waals surface area contributed by atoms with Gasteiger partial charge in [-0.05, 0) is 37.8 Å². The van der Waals surface area contributed by atoms with Crippen molar-refractivity contribution in [1.82, 2.24) is 15.1 Å². The molecular formula is C23H38IN5O2. The highest BCUT2D eigenvalue weighted by Crippen LogP contribution is 2.32. The van der Waals surface area contributed by atoms with Crippen LogP contribution < -0.4 is 15.0 Å². The van der Waals surface area contributed by atoms with Gasteiger partial charge < -0.3 is 24.6 Å². The molecule has 2 atom stereocenters. The number of nitrogens with one attached hydrogen (secondary N) is 1. The molecule has 1 aromatic rings. The number of anilines is 1. The number of likely N-dealkylation sites (tertiary alicyclic amines) is 1. The monoisotopic (exact) mass is 543 g/mol. The molecule has 0 aromatic heterocycles. The number of para-hydroxylation sites is 2. The Labute approximate surface area is 204 Å². The third-order valence-electron chi connectivity index (χ3n) is 6.57. The summed E-state index contributed by atoms with van der Waals surface area (Å²) in [6.07, 6.45) is 2.40. The van der Waals surface area contributed by atoms with Gasteiger partial charge in [0, 0.05) is 58.4 Å². The fourth-order valence-electron chi connectivity index (χ4n) is 4.91. The van der Waals surface area contributed by atoms with Gasteiger partial charge in [0.05, 0.1) is 26.0 Å². The van der Waals surface area contributed by atoms with Gasteiger partial charge in [0.15, 0.2) is 5.96 Å². The van der Waals surface area contributed by atoms with E-state index in [1.807, 2.05) is 12.1 Å². The third kappa shape index (κ3) is 6.16. The van der Waals surface area contributed by atoms with Crippen molar-refractivity contribution in [3.8, 4) is 5.75 Å². The average Bonchev–Trinajstić information content (AvgIpc) is 3.47. The number of aliphatic imine (C=N–C) groups is 1. The summed E-state index contributed by atoms with van der Waals surface area (Å²) in [5, 5.41) is 3.53. The van der Waals surface area contributed by atoms with Crippen molar-refractivity contribution in [2.75, 3.05) is 77.6 Å². The zero-order chi connectivity index (χ0) is 20.8. The SMILES string of the molecule is CCNC(=NCC1CCN(c2ccccc2OC)C1)N1CCC(N2CCOCC2)C1.I. The quantitative estimate of drug-likeness (QED) is 0.338. The Kier molecular flexibility index (Phi) is 9.52. The van der Waals surface area contributed by atoms with Crippen molar-refractivity contribution in [2.24, 2.45) is 10.9 Å². The van der Waals surface area contributed by atoms with Crippen LogP contribution in [0, 0.1) is 5.92 Å². The van der Waals surface area contributed by atoms with Gasteiger partial charge in [-0.1, -0.05) is 12.1 Å². The van der Waals surface area contributed by atoms with Crippen LogP contribution in [0.5, 0.6) is 5.75 Å². The van der Waals surface area contributed by atoms with Gasteiger partial charge in [0.1, 0.15) is 5.75 Å². The molecule has 2 unspecified atom stereocenters. The third-order valence-corrected chi connectivity index (χ3v) is 6.57. The number of morpholine rings is 1. The van der Waals surface area contributed by atoms with Gasteiger partial charge in [0.25, 0.3) is 0 Å². The average molecular weight is 543 g/mol. The first-order valence-electron chi connectivity index (χ1n) is 11.5. The lowest BCUT2D eigenvalue weighted by Gasteiger charge is -2.32. The Bertz CT molecular complexity index is 713. The molecule has 3 fully saturated rings. The maximum absolute atomic E-state index is 5.55. The van der Waals surface area contributed by atoms with Crippen LogP contribution in [0.4, 0.5) is 5.69 Å². The molecular weight excluding hydrogens is 505 g/mol. The Morgan fingerprint density at radius 2 is 1.94 bits per heavy atom. The van der Waals surface area contributed by atoms with E-state index >= 15 is 0 Å². The normalized spacial score (nSPS) is 24.9. The maximum Gasteiger partial charge on any atom is 0.193 e. The molecule has 1 N–H and O–H groups in total. The van der Waals surface area contributed by atoms with Crippen LogP contribution in [0.1, 0.15) is 19.8 Å². The first-order valence-corrected chi connectivity index (χ1v) is 11.5. The van der Waals surface area contributed by atoms with E-state index in [0.29, 0.717) is 12.0 Å². The van der Waals surface area contributed by atoms with Gasteiger partial charge in [-0.25, -0.2) is 0 Å². The number of halogens is 1. The summed E-state index contributed by atoms with van der Waals surface area (Å²) >= 11 is 0. The van der Waals surface area contributed by atoms with Crippen LogP contribution in [-0.2, 0) is 4.74 Å². The van der Waals surface area contributed by atoms with E-state index in [2.05, 4.69) is 39.1 Å². The van der Waals surface area contributed by atoms with E-state index in [4.69, 9.17) is 14.5 Å². The van der Waals surface area contributed by atoms with Crippen LogP contribution >= 0.6 is 24.0 Å². The molecule has 0 spiro atoms. The highest BCUT2D eigenvalue weighted by Gasteiger charge is 2.31. The summed E-state index contributed by atoms with van der Waals surface area (Å²) in [7, 11) is 1.75. The number of ether oxygens (including phenoxy) is 2. The highest BCUT2D eigenvalue weighted by molar-refractivity contribution is 14.0.